The average molecular weight is 286 g/mol. The van der Waals surface area contributed by atoms with Crippen molar-refractivity contribution in [2.45, 2.75) is 29.6 Å². The van der Waals surface area contributed by atoms with Crippen LogP contribution >= 0.6 is 23.5 Å². The van der Waals surface area contributed by atoms with Crippen molar-refractivity contribution in [3.05, 3.63) is 59.2 Å². The van der Waals surface area contributed by atoms with Crippen LogP contribution < -0.4 is 0 Å². The Kier molecular flexibility index (Phi) is 3.90. The molecule has 0 spiro atoms. The van der Waals surface area contributed by atoms with Gasteiger partial charge in [-0.05, 0) is 37.1 Å². The Morgan fingerprint density at radius 2 is 2.00 bits per heavy atom. The quantitative estimate of drug-likeness (QED) is 0.704. The van der Waals surface area contributed by atoms with Gasteiger partial charge in [0.15, 0.2) is 0 Å². The fourth-order valence-electron chi connectivity index (χ4n) is 2.42. The monoisotopic (exact) mass is 286 g/mol. The molecule has 0 saturated heterocycles. The molecule has 2 heteroatoms. The number of benzene rings is 2. The molecule has 0 aliphatic carbocycles. The first-order valence-electron chi connectivity index (χ1n) is 6.66. The van der Waals surface area contributed by atoms with Crippen molar-refractivity contribution in [1.82, 2.24) is 0 Å². The molecule has 0 aromatic heterocycles. The second kappa shape index (κ2) is 5.64. The van der Waals surface area contributed by atoms with Gasteiger partial charge in [-0.3, -0.25) is 0 Å². The number of hydrogen-bond donors (Lipinski definition) is 0. The van der Waals surface area contributed by atoms with E-state index in [1.165, 1.54) is 32.4 Å². The number of fused-ring (bicyclic) bond motifs is 1. The summed E-state index contributed by atoms with van der Waals surface area (Å²) in [5.41, 5.74) is 4.30. The molecular formula is C17H18S2. The SMILES string of the molecule is Cc1ccc(C)c(SCC2CSc3ccccc32)c1. The molecular weight excluding hydrogens is 268 g/mol. The molecule has 1 aliphatic heterocycles. The Hall–Kier alpha value is -0.860. The molecule has 0 N–H and O–H groups in total. The van der Waals surface area contributed by atoms with E-state index in [9.17, 15) is 0 Å². The summed E-state index contributed by atoms with van der Waals surface area (Å²) < 4.78 is 0. The first kappa shape index (κ1) is 13.1. The molecule has 0 bridgehead atoms. The maximum atomic E-state index is 2.31. The van der Waals surface area contributed by atoms with E-state index < -0.39 is 0 Å². The van der Waals surface area contributed by atoms with E-state index in [0.29, 0.717) is 5.92 Å². The van der Waals surface area contributed by atoms with Crippen molar-refractivity contribution in [3.63, 3.8) is 0 Å². The lowest BCUT2D eigenvalue weighted by Crippen LogP contribution is -2.00. The molecule has 0 radical (unpaired) electrons. The highest BCUT2D eigenvalue weighted by Crippen LogP contribution is 2.42. The molecule has 2 aromatic rings. The van der Waals surface area contributed by atoms with Crippen molar-refractivity contribution in [1.29, 1.82) is 0 Å². The largest absolute Gasteiger partial charge is 0.125 e. The fourth-order valence-corrected chi connectivity index (χ4v) is 5.07. The van der Waals surface area contributed by atoms with Crippen LogP contribution in [-0.4, -0.2) is 11.5 Å². The van der Waals surface area contributed by atoms with Crippen molar-refractivity contribution in [3.8, 4) is 0 Å². The molecule has 1 heterocycles. The highest BCUT2D eigenvalue weighted by molar-refractivity contribution is 8.00. The van der Waals surface area contributed by atoms with Gasteiger partial charge < -0.3 is 0 Å². The van der Waals surface area contributed by atoms with E-state index in [4.69, 9.17) is 0 Å². The van der Waals surface area contributed by atoms with Crippen LogP contribution in [-0.2, 0) is 0 Å². The van der Waals surface area contributed by atoms with Crippen LogP contribution in [0.1, 0.15) is 22.6 Å². The van der Waals surface area contributed by atoms with Gasteiger partial charge in [0.2, 0.25) is 0 Å². The molecule has 0 fully saturated rings. The predicted octanol–water partition coefficient (Wildman–Crippen LogP) is 5.29. The summed E-state index contributed by atoms with van der Waals surface area (Å²) >= 11 is 4.01. The van der Waals surface area contributed by atoms with Crippen LogP contribution in [0, 0.1) is 13.8 Å². The maximum Gasteiger partial charge on any atom is 0.0108 e. The molecule has 1 aliphatic rings. The average Bonchev–Trinajstić information content (AvgIpc) is 2.83. The zero-order chi connectivity index (χ0) is 13.2. The number of thioether (sulfide) groups is 2. The second-order valence-electron chi connectivity index (χ2n) is 5.13. The second-order valence-corrected chi connectivity index (χ2v) is 7.25. The molecule has 0 saturated carbocycles. The maximum absolute atomic E-state index is 2.31. The molecule has 19 heavy (non-hydrogen) atoms. The third-order valence-electron chi connectivity index (χ3n) is 3.58. The highest BCUT2D eigenvalue weighted by atomic mass is 32.2. The number of rotatable bonds is 3. The van der Waals surface area contributed by atoms with Crippen LogP contribution in [0.3, 0.4) is 0 Å². The Bertz CT molecular complexity index is 590. The van der Waals surface area contributed by atoms with Crippen molar-refractivity contribution in [2.24, 2.45) is 0 Å². The normalized spacial score (nSPS) is 17.5. The minimum Gasteiger partial charge on any atom is -0.125 e. The Morgan fingerprint density at radius 1 is 1.16 bits per heavy atom. The molecule has 0 amide bonds. The third-order valence-corrected chi connectivity index (χ3v) is 6.15. The van der Waals surface area contributed by atoms with E-state index in [2.05, 4.69) is 56.3 Å². The number of hydrogen-bond acceptors (Lipinski definition) is 2. The van der Waals surface area contributed by atoms with Crippen LogP contribution in [0.5, 0.6) is 0 Å². The third kappa shape index (κ3) is 2.85. The molecule has 0 nitrogen and oxygen atoms in total. The van der Waals surface area contributed by atoms with Gasteiger partial charge in [0.1, 0.15) is 0 Å². The van der Waals surface area contributed by atoms with Gasteiger partial charge >= 0.3 is 0 Å². The van der Waals surface area contributed by atoms with Gasteiger partial charge in [-0.25, -0.2) is 0 Å². The first-order chi connectivity index (χ1) is 9.24. The zero-order valence-corrected chi connectivity index (χ0v) is 13.0. The Morgan fingerprint density at radius 3 is 2.89 bits per heavy atom. The lowest BCUT2D eigenvalue weighted by Gasteiger charge is -2.12. The summed E-state index contributed by atoms with van der Waals surface area (Å²) in [4.78, 5) is 2.92. The minimum atomic E-state index is 0.700. The van der Waals surface area contributed by atoms with Crippen molar-refractivity contribution >= 4 is 23.5 Å². The summed E-state index contributed by atoms with van der Waals surface area (Å²) in [6.07, 6.45) is 0. The topological polar surface area (TPSA) is 0 Å². The Balaban J connectivity index is 1.72. The minimum absolute atomic E-state index is 0.700. The van der Waals surface area contributed by atoms with E-state index in [1.807, 2.05) is 23.5 Å². The van der Waals surface area contributed by atoms with Gasteiger partial charge in [-0.2, -0.15) is 0 Å². The lowest BCUT2D eigenvalue weighted by atomic mass is 10.0. The van der Waals surface area contributed by atoms with E-state index in [0.717, 1.165) is 0 Å². The van der Waals surface area contributed by atoms with Crippen molar-refractivity contribution in [2.75, 3.05) is 11.5 Å². The van der Waals surface area contributed by atoms with Gasteiger partial charge in [-0.15, -0.1) is 23.5 Å². The van der Waals surface area contributed by atoms with Gasteiger partial charge in [0, 0.05) is 27.2 Å². The molecule has 1 atom stereocenters. The van der Waals surface area contributed by atoms with E-state index in [1.54, 1.807) is 5.56 Å². The number of aryl methyl sites for hydroxylation is 2. The highest BCUT2D eigenvalue weighted by Gasteiger charge is 2.22. The van der Waals surface area contributed by atoms with Crippen LogP contribution in [0.25, 0.3) is 0 Å². The molecule has 1 unspecified atom stereocenters. The summed E-state index contributed by atoms with van der Waals surface area (Å²) in [7, 11) is 0. The van der Waals surface area contributed by atoms with Gasteiger partial charge in [0.25, 0.3) is 0 Å². The standard InChI is InChI=1S/C17H18S2/c1-12-7-8-13(2)17(9-12)19-11-14-10-18-16-6-4-3-5-15(14)16/h3-9,14H,10-11H2,1-2H3. The van der Waals surface area contributed by atoms with E-state index in [-0.39, 0.29) is 0 Å². The van der Waals surface area contributed by atoms with E-state index >= 15 is 0 Å². The van der Waals surface area contributed by atoms with Crippen molar-refractivity contribution < 1.29 is 0 Å². The smallest absolute Gasteiger partial charge is 0.0108 e. The molecule has 3 rings (SSSR count). The zero-order valence-electron chi connectivity index (χ0n) is 11.3. The summed E-state index contributed by atoms with van der Waals surface area (Å²) in [6, 6.07) is 15.6. The fraction of sp³-hybridized carbons (Fsp3) is 0.294. The summed E-state index contributed by atoms with van der Waals surface area (Å²) in [5, 5.41) is 0. The Labute approximate surface area is 124 Å². The molecule has 2 aromatic carbocycles. The summed E-state index contributed by atoms with van der Waals surface area (Å²) in [6.45, 7) is 4.38. The van der Waals surface area contributed by atoms with Gasteiger partial charge in [0.05, 0.1) is 0 Å². The lowest BCUT2D eigenvalue weighted by molar-refractivity contribution is 0.896. The van der Waals surface area contributed by atoms with Gasteiger partial charge in [-0.1, -0.05) is 35.9 Å². The summed E-state index contributed by atoms with van der Waals surface area (Å²) in [5.74, 6) is 3.12. The van der Waals surface area contributed by atoms with Crippen LogP contribution in [0.4, 0.5) is 0 Å². The molecule has 98 valence electrons. The first-order valence-corrected chi connectivity index (χ1v) is 8.63. The van der Waals surface area contributed by atoms with Crippen LogP contribution in [0.2, 0.25) is 0 Å². The van der Waals surface area contributed by atoms with Crippen LogP contribution in [0.15, 0.2) is 52.3 Å². The predicted molar refractivity (Wildman–Crippen MR) is 86.5 cm³/mol.